The van der Waals surface area contributed by atoms with Crippen LogP contribution in [0.1, 0.15) is 49.4 Å². The zero-order chi connectivity index (χ0) is 18.8. The molecule has 1 aromatic heterocycles. The Morgan fingerprint density at radius 2 is 1.92 bits per heavy atom. The van der Waals surface area contributed by atoms with E-state index in [1.165, 1.54) is 24.3 Å². The Balaban J connectivity index is 1.57. The van der Waals surface area contributed by atoms with Crippen molar-refractivity contribution in [3.63, 3.8) is 0 Å². The van der Waals surface area contributed by atoms with Crippen molar-refractivity contribution in [2.45, 2.75) is 45.1 Å². The molecule has 0 spiro atoms. The summed E-state index contributed by atoms with van der Waals surface area (Å²) in [6.07, 6.45) is 2.73. The molecule has 0 saturated heterocycles. The van der Waals surface area contributed by atoms with E-state index in [4.69, 9.17) is 10.5 Å². The van der Waals surface area contributed by atoms with Crippen molar-refractivity contribution in [1.82, 2.24) is 0 Å². The van der Waals surface area contributed by atoms with Crippen LogP contribution >= 0.6 is 11.3 Å². The van der Waals surface area contributed by atoms with E-state index < -0.39 is 23.9 Å². The van der Waals surface area contributed by atoms with Crippen molar-refractivity contribution in [2.24, 2.45) is 23.5 Å². The molecule has 8 heteroatoms. The minimum Gasteiger partial charge on any atom is -0.452 e. The van der Waals surface area contributed by atoms with Crippen molar-refractivity contribution >= 4 is 39.9 Å². The Hall–Kier alpha value is -2.22. The summed E-state index contributed by atoms with van der Waals surface area (Å²) in [4.78, 5) is 48.1. The number of thiophene rings is 1. The molecule has 26 heavy (non-hydrogen) atoms. The van der Waals surface area contributed by atoms with Crippen molar-refractivity contribution in [1.29, 1.82) is 0 Å². The molecule has 2 fully saturated rings. The van der Waals surface area contributed by atoms with E-state index in [0.717, 1.165) is 19.3 Å². The van der Waals surface area contributed by atoms with Crippen molar-refractivity contribution in [2.75, 3.05) is 5.32 Å². The molecule has 2 aliphatic rings. The van der Waals surface area contributed by atoms with E-state index in [9.17, 15) is 19.2 Å². The van der Waals surface area contributed by atoms with Gasteiger partial charge in [-0.25, -0.2) is 0 Å². The summed E-state index contributed by atoms with van der Waals surface area (Å²) in [6, 6.07) is 1.52. The van der Waals surface area contributed by atoms with Crippen LogP contribution in [-0.4, -0.2) is 29.7 Å². The Bertz CT molecular complexity index is 728. The minimum atomic E-state index is -0.997. The number of Topliss-reactive ketones (excluding diaryl/α,β-unsaturated/α-hetero) is 1. The molecule has 0 aliphatic heterocycles. The minimum absolute atomic E-state index is 0.0478. The third-order valence-corrected chi connectivity index (χ3v) is 6.04. The maximum atomic E-state index is 12.4. The van der Waals surface area contributed by atoms with Crippen LogP contribution < -0.4 is 11.1 Å². The van der Waals surface area contributed by atoms with Crippen LogP contribution in [-0.2, 0) is 19.1 Å². The standard InChI is InChI=1S/C18H22N2O5S/c1-9(16(23)20-17-13(15(19)22)5-6-26-17)25-18(24)12-7-10-3-2-4-11(8-12)14(10)21/h5-6,9-12H,2-4,7-8H2,1H3,(H2,19,22)(H,20,23)/t9-,10-,11+,12?/m1/s1. The van der Waals surface area contributed by atoms with Gasteiger partial charge in [0.25, 0.3) is 11.8 Å². The first-order chi connectivity index (χ1) is 12.4. The van der Waals surface area contributed by atoms with Crippen molar-refractivity contribution < 1.29 is 23.9 Å². The van der Waals surface area contributed by atoms with Crippen LogP contribution in [0.4, 0.5) is 5.00 Å². The predicted octanol–water partition coefficient (Wildman–Crippen LogP) is 2.11. The Kier molecular flexibility index (Phi) is 5.41. The number of ketones is 1. The first-order valence-corrected chi connectivity index (χ1v) is 9.67. The van der Waals surface area contributed by atoms with Crippen LogP contribution in [0, 0.1) is 17.8 Å². The van der Waals surface area contributed by atoms with E-state index >= 15 is 0 Å². The van der Waals surface area contributed by atoms with Crippen molar-refractivity contribution in [3.05, 3.63) is 17.0 Å². The highest BCUT2D eigenvalue weighted by Gasteiger charge is 2.42. The molecule has 7 nitrogen and oxygen atoms in total. The van der Waals surface area contributed by atoms with Gasteiger partial charge in [0.2, 0.25) is 0 Å². The van der Waals surface area contributed by atoms with Crippen LogP contribution in [0.5, 0.6) is 0 Å². The molecular weight excluding hydrogens is 356 g/mol. The number of esters is 1. The Morgan fingerprint density at radius 3 is 2.54 bits per heavy atom. The lowest BCUT2D eigenvalue weighted by Gasteiger charge is -2.36. The molecule has 0 aromatic carbocycles. The predicted molar refractivity (Wildman–Crippen MR) is 95.6 cm³/mol. The van der Waals surface area contributed by atoms with Gasteiger partial charge >= 0.3 is 5.97 Å². The molecule has 1 heterocycles. The number of fused-ring (bicyclic) bond motifs is 2. The fourth-order valence-corrected chi connectivity index (χ4v) is 4.61. The highest BCUT2D eigenvalue weighted by atomic mass is 32.1. The van der Waals surface area contributed by atoms with E-state index in [-0.39, 0.29) is 29.1 Å². The second kappa shape index (κ2) is 7.57. The van der Waals surface area contributed by atoms with E-state index in [2.05, 4.69) is 5.32 Å². The zero-order valence-electron chi connectivity index (χ0n) is 14.5. The molecule has 0 radical (unpaired) electrons. The Labute approximate surface area is 155 Å². The van der Waals surface area contributed by atoms with Crippen molar-refractivity contribution in [3.8, 4) is 0 Å². The average molecular weight is 378 g/mol. The molecule has 2 bridgehead atoms. The molecule has 3 N–H and O–H groups in total. The SMILES string of the molecule is C[C@@H](OC(=O)C1C[C@H]2CCC[C@@H](C1)C2=O)C(=O)Nc1sccc1C(N)=O. The van der Waals surface area contributed by atoms with Crippen LogP contribution in [0.15, 0.2) is 11.4 Å². The summed E-state index contributed by atoms with van der Waals surface area (Å²) < 4.78 is 5.33. The first kappa shape index (κ1) is 18.6. The van der Waals surface area contributed by atoms with Gasteiger partial charge in [0.05, 0.1) is 11.5 Å². The lowest BCUT2D eigenvalue weighted by molar-refractivity contribution is -0.161. The third kappa shape index (κ3) is 3.80. The van der Waals surface area contributed by atoms with Gasteiger partial charge in [-0.05, 0) is 44.1 Å². The quantitative estimate of drug-likeness (QED) is 0.761. The molecule has 1 aromatic rings. The number of carbonyl (C=O) groups excluding carboxylic acids is 4. The van der Waals surface area contributed by atoms with E-state index in [1.54, 1.807) is 5.38 Å². The van der Waals surface area contributed by atoms with Crippen LogP contribution in [0.3, 0.4) is 0 Å². The number of anilines is 1. The summed E-state index contributed by atoms with van der Waals surface area (Å²) in [5, 5.41) is 4.55. The van der Waals surface area contributed by atoms with Crippen LogP contribution in [0.25, 0.3) is 0 Å². The van der Waals surface area contributed by atoms with Gasteiger partial charge in [-0.2, -0.15) is 0 Å². The maximum Gasteiger partial charge on any atom is 0.309 e. The summed E-state index contributed by atoms with van der Waals surface area (Å²) in [6.45, 7) is 1.49. The summed E-state index contributed by atoms with van der Waals surface area (Å²) in [7, 11) is 0. The highest BCUT2D eigenvalue weighted by molar-refractivity contribution is 7.14. The van der Waals surface area contributed by atoms with Gasteiger partial charge in [0.1, 0.15) is 10.8 Å². The first-order valence-electron chi connectivity index (χ1n) is 8.79. The van der Waals surface area contributed by atoms with Gasteiger partial charge in [0, 0.05) is 11.8 Å². The summed E-state index contributed by atoms with van der Waals surface area (Å²) >= 11 is 1.17. The fraction of sp³-hybridized carbons (Fsp3) is 0.556. The molecule has 2 aliphatic carbocycles. The highest BCUT2D eigenvalue weighted by Crippen LogP contribution is 2.40. The number of nitrogens with two attached hydrogens (primary N) is 1. The Morgan fingerprint density at radius 1 is 1.27 bits per heavy atom. The fourth-order valence-electron chi connectivity index (χ4n) is 3.81. The number of ether oxygens (including phenoxy) is 1. The molecular formula is C18H22N2O5S. The zero-order valence-corrected chi connectivity index (χ0v) is 15.3. The van der Waals surface area contributed by atoms with Crippen LogP contribution in [0.2, 0.25) is 0 Å². The second-order valence-corrected chi connectivity index (χ2v) is 7.91. The molecule has 140 valence electrons. The number of nitrogens with one attached hydrogen (secondary N) is 1. The molecule has 4 atom stereocenters. The van der Waals surface area contributed by atoms with Gasteiger partial charge in [-0.3, -0.25) is 19.2 Å². The lowest BCUT2D eigenvalue weighted by Crippen LogP contribution is -2.41. The van der Waals surface area contributed by atoms with E-state index in [1.807, 2.05) is 0 Å². The van der Waals surface area contributed by atoms with Gasteiger partial charge in [-0.15, -0.1) is 11.3 Å². The second-order valence-electron chi connectivity index (χ2n) is 6.99. The largest absolute Gasteiger partial charge is 0.452 e. The summed E-state index contributed by atoms with van der Waals surface area (Å²) in [5.41, 5.74) is 5.47. The maximum absolute atomic E-state index is 12.4. The van der Waals surface area contributed by atoms with Gasteiger partial charge < -0.3 is 15.8 Å². The number of amides is 2. The number of primary amides is 1. The number of hydrogen-bond donors (Lipinski definition) is 2. The van der Waals surface area contributed by atoms with Gasteiger partial charge in [0.15, 0.2) is 6.10 Å². The van der Waals surface area contributed by atoms with Gasteiger partial charge in [-0.1, -0.05) is 6.42 Å². The topological polar surface area (TPSA) is 116 Å². The third-order valence-electron chi connectivity index (χ3n) is 5.21. The summed E-state index contributed by atoms with van der Waals surface area (Å²) in [5.74, 6) is -1.73. The lowest BCUT2D eigenvalue weighted by atomic mass is 9.67. The molecule has 3 rings (SSSR count). The number of hydrogen-bond acceptors (Lipinski definition) is 6. The normalized spacial score (nSPS) is 26.0. The molecule has 1 unspecified atom stereocenters. The molecule has 2 amide bonds. The average Bonchev–Trinajstić information content (AvgIpc) is 3.02. The number of rotatable bonds is 5. The molecule has 2 saturated carbocycles. The smallest absolute Gasteiger partial charge is 0.309 e. The monoisotopic (exact) mass is 378 g/mol. The number of carbonyl (C=O) groups is 4. The van der Waals surface area contributed by atoms with E-state index in [0.29, 0.717) is 17.8 Å².